The molecular weight excluding hydrogens is 398 g/mol. The number of hydrogen-bond acceptors (Lipinski definition) is 5. The number of thiophene rings is 1. The van der Waals surface area contributed by atoms with Gasteiger partial charge in [0.2, 0.25) is 5.91 Å². The molecule has 1 saturated heterocycles. The van der Waals surface area contributed by atoms with Crippen LogP contribution in [0.1, 0.15) is 41.8 Å². The Hall–Kier alpha value is -2.67. The van der Waals surface area contributed by atoms with Crippen molar-refractivity contribution < 1.29 is 9.53 Å². The Balaban J connectivity index is 1.58. The van der Waals surface area contributed by atoms with Gasteiger partial charge in [-0.1, -0.05) is 25.1 Å². The molecule has 0 spiro atoms. The van der Waals surface area contributed by atoms with Gasteiger partial charge < -0.3 is 9.64 Å². The predicted octanol–water partition coefficient (Wildman–Crippen LogP) is 3.74. The zero-order valence-electron chi connectivity index (χ0n) is 17.7. The smallest absolute Gasteiger partial charge is 0.262 e. The number of hydrogen-bond donors (Lipinski definition) is 0. The Morgan fingerprint density at radius 1 is 1.33 bits per heavy atom. The fraction of sp³-hybridized carbons (Fsp3) is 0.435. The normalized spacial score (nSPS) is 16.8. The average molecular weight is 426 g/mol. The van der Waals surface area contributed by atoms with Gasteiger partial charge in [-0.05, 0) is 37.8 Å². The Labute approximate surface area is 180 Å². The lowest BCUT2D eigenvalue weighted by Gasteiger charge is -2.33. The number of piperidine rings is 1. The highest BCUT2D eigenvalue weighted by Crippen LogP contribution is 2.29. The summed E-state index contributed by atoms with van der Waals surface area (Å²) in [5, 5.41) is 0.750. The first-order chi connectivity index (χ1) is 14.5. The van der Waals surface area contributed by atoms with Crippen molar-refractivity contribution in [1.82, 2.24) is 14.5 Å². The molecular formula is C23H27N3O3S. The molecule has 1 aliphatic heterocycles. The van der Waals surface area contributed by atoms with E-state index < -0.39 is 0 Å². The number of aromatic nitrogens is 2. The van der Waals surface area contributed by atoms with Gasteiger partial charge in [-0.3, -0.25) is 14.2 Å². The number of likely N-dealkylation sites (tertiary alicyclic amines) is 1. The first kappa shape index (κ1) is 20.6. The number of amides is 1. The second-order valence-corrected chi connectivity index (χ2v) is 8.96. The van der Waals surface area contributed by atoms with Crippen LogP contribution in [0.5, 0.6) is 5.75 Å². The Morgan fingerprint density at radius 3 is 2.90 bits per heavy atom. The van der Waals surface area contributed by atoms with Gasteiger partial charge in [0.25, 0.3) is 5.56 Å². The van der Waals surface area contributed by atoms with Crippen molar-refractivity contribution in [2.24, 2.45) is 0 Å². The summed E-state index contributed by atoms with van der Waals surface area (Å²) in [6, 6.07) is 7.56. The topological polar surface area (TPSA) is 64.4 Å². The number of benzene rings is 1. The lowest BCUT2D eigenvalue weighted by molar-refractivity contribution is -0.132. The third-order valence-electron chi connectivity index (χ3n) is 5.97. The van der Waals surface area contributed by atoms with E-state index in [2.05, 4.69) is 11.9 Å². The highest BCUT2D eigenvalue weighted by molar-refractivity contribution is 7.18. The maximum atomic E-state index is 13.3. The molecule has 30 heavy (non-hydrogen) atoms. The minimum atomic E-state index is -0.0466. The first-order valence-electron chi connectivity index (χ1n) is 10.4. The van der Waals surface area contributed by atoms with Gasteiger partial charge in [-0.2, -0.15) is 0 Å². The van der Waals surface area contributed by atoms with Crippen molar-refractivity contribution in [3.63, 3.8) is 0 Å². The van der Waals surface area contributed by atoms with Gasteiger partial charge in [0.1, 0.15) is 10.6 Å². The van der Waals surface area contributed by atoms with Crippen LogP contribution in [0.15, 0.2) is 35.4 Å². The molecule has 0 radical (unpaired) electrons. The molecule has 158 valence electrons. The molecule has 2 aromatic heterocycles. The fourth-order valence-electron chi connectivity index (χ4n) is 4.39. The van der Waals surface area contributed by atoms with Gasteiger partial charge in [-0.15, -0.1) is 11.3 Å². The number of aryl methyl sites for hydroxylation is 2. The minimum Gasteiger partial charge on any atom is -0.496 e. The highest BCUT2D eigenvalue weighted by Gasteiger charge is 2.27. The van der Waals surface area contributed by atoms with Crippen LogP contribution in [-0.4, -0.2) is 40.6 Å². The summed E-state index contributed by atoms with van der Waals surface area (Å²) in [5.74, 6) is 0.789. The third-order valence-corrected chi connectivity index (χ3v) is 7.02. The third kappa shape index (κ3) is 3.74. The van der Waals surface area contributed by atoms with Crippen molar-refractivity contribution in [3.8, 4) is 5.75 Å². The number of fused-ring (bicyclic) bond motifs is 1. The molecule has 1 aliphatic rings. The van der Waals surface area contributed by atoms with E-state index in [1.165, 1.54) is 0 Å². The molecule has 1 amide bonds. The first-order valence-corrected chi connectivity index (χ1v) is 11.2. The monoisotopic (exact) mass is 425 g/mol. The maximum Gasteiger partial charge on any atom is 0.262 e. The highest BCUT2D eigenvalue weighted by atomic mass is 32.1. The minimum absolute atomic E-state index is 0.0187. The molecule has 0 unspecified atom stereocenters. The average Bonchev–Trinajstić information content (AvgIpc) is 3.10. The van der Waals surface area contributed by atoms with Crippen molar-refractivity contribution >= 4 is 27.5 Å². The van der Waals surface area contributed by atoms with Crippen LogP contribution in [0.3, 0.4) is 0 Å². The Morgan fingerprint density at radius 2 is 2.13 bits per heavy atom. The van der Waals surface area contributed by atoms with Crippen molar-refractivity contribution in [3.05, 3.63) is 57.0 Å². The van der Waals surface area contributed by atoms with Crippen LogP contribution < -0.4 is 10.3 Å². The molecule has 0 saturated carbocycles. The lowest BCUT2D eigenvalue weighted by Crippen LogP contribution is -2.43. The van der Waals surface area contributed by atoms with Gasteiger partial charge >= 0.3 is 0 Å². The van der Waals surface area contributed by atoms with E-state index in [-0.39, 0.29) is 17.5 Å². The Kier molecular flexibility index (Phi) is 5.90. The van der Waals surface area contributed by atoms with E-state index in [0.29, 0.717) is 19.5 Å². The van der Waals surface area contributed by atoms with E-state index in [0.717, 1.165) is 51.2 Å². The molecule has 1 atom stereocenters. The molecule has 4 rings (SSSR count). The number of carbonyl (C=O) groups excluding carboxylic acids is 1. The van der Waals surface area contributed by atoms with Crippen LogP contribution in [0.2, 0.25) is 0 Å². The maximum absolute atomic E-state index is 13.3. The molecule has 1 fully saturated rings. The van der Waals surface area contributed by atoms with Crippen LogP contribution in [0, 0.1) is 6.92 Å². The molecule has 0 bridgehead atoms. The van der Waals surface area contributed by atoms with Crippen LogP contribution in [-0.2, 0) is 17.6 Å². The summed E-state index contributed by atoms with van der Waals surface area (Å²) in [6.45, 7) is 5.37. The van der Waals surface area contributed by atoms with Crippen LogP contribution in [0.4, 0.5) is 0 Å². The number of carbonyl (C=O) groups is 1. The van der Waals surface area contributed by atoms with Gasteiger partial charge in [0.15, 0.2) is 0 Å². The standard InChI is InChI=1S/C23H27N3O3S/c1-4-18-15(2)30-22-21(18)23(28)26(14-24-22)17-9-7-11-25(13-17)20(27)12-16-8-5-6-10-19(16)29-3/h5-6,8,10,14,17H,4,7,9,11-13H2,1-3H3/t17-/m0/s1. The number of para-hydroxylation sites is 1. The number of ether oxygens (including phenoxy) is 1. The fourth-order valence-corrected chi connectivity index (χ4v) is 5.46. The predicted molar refractivity (Wildman–Crippen MR) is 120 cm³/mol. The molecule has 0 N–H and O–H groups in total. The van der Waals surface area contributed by atoms with Gasteiger partial charge in [-0.25, -0.2) is 4.98 Å². The summed E-state index contributed by atoms with van der Waals surface area (Å²) in [4.78, 5) is 34.7. The summed E-state index contributed by atoms with van der Waals surface area (Å²) < 4.78 is 7.13. The van der Waals surface area contributed by atoms with Crippen molar-refractivity contribution in [2.75, 3.05) is 20.2 Å². The van der Waals surface area contributed by atoms with Crippen LogP contribution in [0.25, 0.3) is 10.2 Å². The number of nitrogens with zero attached hydrogens (tertiary/aromatic N) is 3. The second-order valence-electron chi connectivity index (χ2n) is 7.75. The van der Waals surface area contributed by atoms with E-state index in [1.54, 1.807) is 29.3 Å². The molecule has 6 nitrogen and oxygen atoms in total. The number of rotatable bonds is 5. The van der Waals surface area contributed by atoms with Crippen LogP contribution >= 0.6 is 11.3 Å². The molecule has 3 heterocycles. The van der Waals surface area contributed by atoms with E-state index in [4.69, 9.17) is 4.74 Å². The molecule has 3 aromatic rings. The summed E-state index contributed by atoms with van der Waals surface area (Å²) >= 11 is 1.58. The Bertz CT molecular complexity index is 1130. The summed E-state index contributed by atoms with van der Waals surface area (Å²) in [6.07, 6.45) is 4.53. The van der Waals surface area contributed by atoms with E-state index >= 15 is 0 Å². The molecule has 1 aromatic carbocycles. The molecule has 0 aliphatic carbocycles. The van der Waals surface area contributed by atoms with Gasteiger partial charge in [0.05, 0.1) is 31.3 Å². The van der Waals surface area contributed by atoms with E-state index in [9.17, 15) is 9.59 Å². The zero-order chi connectivity index (χ0) is 21.3. The summed E-state index contributed by atoms with van der Waals surface area (Å²) in [7, 11) is 1.62. The van der Waals surface area contributed by atoms with E-state index in [1.807, 2.05) is 36.1 Å². The van der Waals surface area contributed by atoms with Gasteiger partial charge in [0, 0.05) is 23.5 Å². The second kappa shape index (κ2) is 8.60. The SMILES string of the molecule is CCc1c(C)sc2ncn([C@H]3CCCN(C(=O)Cc4ccccc4OC)C3)c(=O)c12. The lowest BCUT2D eigenvalue weighted by atomic mass is 10.0. The van der Waals surface area contributed by atoms with Crippen molar-refractivity contribution in [1.29, 1.82) is 0 Å². The number of methoxy groups -OCH3 is 1. The molecule has 7 heteroatoms. The zero-order valence-corrected chi connectivity index (χ0v) is 18.5. The summed E-state index contributed by atoms with van der Waals surface area (Å²) in [5.41, 5.74) is 2.00. The quantitative estimate of drug-likeness (QED) is 0.625. The largest absolute Gasteiger partial charge is 0.496 e. The van der Waals surface area contributed by atoms with Crippen molar-refractivity contribution in [2.45, 2.75) is 45.6 Å².